The number of sulfonamides is 1. The molecule has 2 N–H and O–H groups in total. The van der Waals surface area contributed by atoms with Crippen molar-refractivity contribution >= 4 is 42.5 Å². The zero-order valence-corrected chi connectivity index (χ0v) is 14.5. The van der Waals surface area contributed by atoms with Crippen molar-refractivity contribution in [1.82, 2.24) is 4.98 Å². The van der Waals surface area contributed by atoms with E-state index in [4.69, 9.17) is 5.26 Å². The molecule has 0 bridgehead atoms. The van der Waals surface area contributed by atoms with Gasteiger partial charge in [-0.15, -0.1) is 0 Å². The normalized spacial score (nSPS) is 11.3. The van der Waals surface area contributed by atoms with Gasteiger partial charge in [-0.3, -0.25) is 4.72 Å². The van der Waals surface area contributed by atoms with Crippen molar-refractivity contribution in [2.45, 2.75) is 11.8 Å². The highest BCUT2D eigenvalue weighted by Crippen LogP contribution is 2.29. The molecule has 0 saturated carbocycles. The lowest BCUT2D eigenvalue weighted by atomic mass is 10.2. The third-order valence-corrected chi connectivity index (χ3v) is 5.75. The molecule has 0 aliphatic rings. The molecule has 0 spiro atoms. The number of benzene rings is 2. The predicted octanol–water partition coefficient (Wildman–Crippen LogP) is 3.91. The van der Waals surface area contributed by atoms with Gasteiger partial charge in [0, 0.05) is 27.3 Å². The molecule has 0 amide bonds. The number of nitrogens with zero attached hydrogens (tertiary/aromatic N) is 1. The number of aromatic amines is 1. The van der Waals surface area contributed by atoms with Crippen LogP contribution < -0.4 is 4.72 Å². The number of nitriles is 1. The molecule has 3 aromatic rings. The van der Waals surface area contributed by atoms with E-state index in [1.54, 1.807) is 24.3 Å². The molecule has 2 aromatic carbocycles. The summed E-state index contributed by atoms with van der Waals surface area (Å²) >= 11 is 3.43. The van der Waals surface area contributed by atoms with Gasteiger partial charge in [0.2, 0.25) is 0 Å². The molecular weight excluding hydrogens is 378 g/mol. The van der Waals surface area contributed by atoms with E-state index in [1.165, 1.54) is 6.20 Å². The zero-order chi connectivity index (χ0) is 16.6. The van der Waals surface area contributed by atoms with Crippen molar-refractivity contribution in [2.24, 2.45) is 0 Å². The van der Waals surface area contributed by atoms with Crippen LogP contribution in [0.1, 0.15) is 11.1 Å². The second-order valence-electron chi connectivity index (χ2n) is 5.09. The Kier molecular flexibility index (Phi) is 3.88. The van der Waals surface area contributed by atoms with E-state index in [2.05, 4.69) is 25.6 Å². The van der Waals surface area contributed by atoms with E-state index in [0.717, 1.165) is 15.6 Å². The Morgan fingerprint density at radius 1 is 1.22 bits per heavy atom. The van der Waals surface area contributed by atoms with Gasteiger partial charge < -0.3 is 4.98 Å². The molecule has 0 aliphatic heterocycles. The van der Waals surface area contributed by atoms with Crippen LogP contribution in [0.25, 0.3) is 10.9 Å². The molecule has 0 fully saturated rings. The minimum atomic E-state index is -3.73. The van der Waals surface area contributed by atoms with Gasteiger partial charge in [-0.25, -0.2) is 8.42 Å². The third-order valence-electron chi connectivity index (χ3n) is 3.48. The van der Waals surface area contributed by atoms with Crippen molar-refractivity contribution < 1.29 is 8.42 Å². The summed E-state index contributed by atoms with van der Waals surface area (Å²) in [5.74, 6) is 0. The average molecular weight is 390 g/mol. The summed E-state index contributed by atoms with van der Waals surface area (Å²) in [5, 5.41) is 9.41. The van der Waals surface area contributed by atoms with Crippen LogP contribution in [0.2, 0.25) is 0 Å². The van der Waals surface area contributed by atoms with E-state index in [9.17, 15) is 8.42 Å². The summed E-state index contributed by atoms with van der Waals surface area (Å²) in [7, 11) is -3.73. The number of H-pyrrole nitrogens is 1. The highest BCUT2D eigenvalue weighted by atomic mass is 79.9. The van der Waals surface area contributed by atoms with Gasteiger partial charge in [0.15, 0.2) is 0 Å². The fraction of sp³-hybridized carbons (Fsp3) is 0.0625. The molecule has 0 unspecified atom stereocenters. The first-order valence-electron chi connectivity index (χ1n) is 6.71. The minimum Gasteiger partial charge on any atom is -0.360 e. The highest BCUT2D eigenvalue weighted by molar-refractivity contribution is 9.10. The molecular formula is C16H12BrN3O2S. The molecule has 0 aliphatic carbocycles. The van der Waals surface area contributed by atoms with Crippen LogP contribution in [0.3, 0.4) is 0 Å². The van der Waals surface area contributed by atoms with E-state index in [-0.39, 0.29) is 4.90 Å². The molecule has 0 radical (unpaired) electrons. The number of aromatic nitrogens is 1. The molecule has 116 valence electrons. The van der Waals surface area contributed by atoms with Gasteiger partial charge in [-0.2, -0.15) is 5.26 Å². The second kappa shape index (κ2) is 5.72. The van der Waals surface area contributed by atoms with Crippen LogP contribution >= 0.6 is 15.9 Å². The first kappa shape index (κ1) is 15.6. The van der Waals surface area contributed by atoms with E-state index < -0.39 is 10.0 Å². The Morgan fingerprint density at radius 2 is 1.91 bits per heavy atom. The first-order valence-corrected chi connectivity index (χ1v) is 8.98. The lowest BCUT2D eigenvalue weighted by Crippen LogP contribution is -2.12. The number of hydrogen-bond acceptors (Lipinski definition) is 3. The van der Waals surface area contributed by atoms with Crippen molar-refractivity contribution in [3.8, 4) is 6.07 Å². The standard InChI is InChI=1S/C16H12BrN3O2S/c1-10-6-13-15(7-14(10)17)19-9-16(13)23(21,22)20-12-4-2-11(8-18)3-5-12/h2-7,9,19-20H,1H3. The maximum atomic E-state index is 12.6. The Hall–Kier alpha value is -2.30. The monoisotopic (exact) mass is 389 g/mol. The van der Waals surface area contributed by atoms with Crippen LogP contribution in [0, 0.1) is 18.3 Å². The molecule has 7 heteroatoms. The zero-order valence-electron chi connectivity index (χ0n) is 12.1. The van der Waals surface area contributed by atoms with Crippen LogP contribution in [0.5, 0.6) is 0 Å². The lowest BCUT2D eigenvalue weighted by Gasteiger charge is -2.07. The smallest absolute Gasteiger partial charge is 0.264 e. The Bertz CT molecular complexity index is 1030. The number of fused-ring (bicyclic) bond motifs is 1. The fourth-order valence-electron chi connectivity index (χ4n) is 2.27. The number of anilines is 1. The number of aryl methyl sites for hydroxylation is 1. The lowest BCUT2D eigenvalue weighted by molar-refractivity contribution is 0.602. The Balaban J connectivity index is 2.02. The fourth-order valence-corrected chi connectivity index (χ4v) is 3.84. The van der Waals surface area contributed by atoms with Gasteiger partial charge in [0.05, 0.1) is 11.6 Å². The minimum absolute atomic E-state index is 0.187. The van der Waals surface area contributed by atoms with Crippen LogP contribution in [0.4, 0.5) is 5.69 Å². The van der Waals surface area contributed by atoms with Gasteiger partial charge in [0.25, 0.3) is 10.0 Å². The third kappa shape index (κ3) is 2.96. The number of halogens is 1. The number of hydrogen-bond donors (Lipinski definition) is 2. The maximum Gasteiger partial charge on any atom is 0.264 e. The molecule has 3 rings (SSSR count). The van der Waals surface area contributed by atoms with Crippen LogP contribution in [-0.4, -0.2) is 13.4 Å². The molecule has 0 saturated heterocycles. The summed E-state index contributed by atoms with van der Waals surface area (Å²) in [6.07, 6.45) is 1.47. The molecule has 23 heavy (non-hydrogen) atoms. The predicted molar refractivity (Wildman–Crippen MR) is 92.7 cm³/mol. The maximum absolute atomic E-state index is 12.6. The largest absolute Gasteiger partial charge is 0.360 e. The Morgan fingerprint density at radius 3 is 2.57 bits per heavy atom. The van der Waals surface area contributed by atoms with Gasteiger partial charge in [-0.1, -0.05) is 15.9 Å². The van der Waals surface area contributed by atoms with Crippen LogP contribution in [0.15, 0.2) is 52.0 Å². The van der Waals surface area contributed by atoms with Crippen molar-refractivity contribution in [3.05, 3.63) is 58.2 Å². The topological polar surface area (TPSA) is 85.8 Å². The summed E-state index contributed by atoms with van der Waals surface area (Å²) in [5.41, 5.74) is 2.57. The van der Waals surface area contributed by atoms with Crippen molar-refractivity contribution in [3.63, 3.8) is 0 Å². The van der Waals surface area contributed by atoms with E-state index >= 15 is 0 Å². The van der Waals surface area contributed by atoms with Crippen LogP contribution in [-0.2, 0) is 10.0 Å². The summed E-state index contributed by atoms with van der Waals surface area (Å²) in [6.45, 7) is 1.90. The number of rotatable bonds is 3. The molecule has 1 heterocycles. The van der Waals surface area contributed by atoms with Gasteiger partial charge >= 0.3 is 0 Å². The molecule has 1 aromatic heterocycles. The van der Waals surface area contributed by atoms with Crippen molar-refractivity contribution in [2.75, 3.05) is 4.72 Å². The van der Waals surface area contributed by atoms with Crippen molar-refractivity contribution in [1.29, 1.82) is 5.26 Å². The second-order valence-corrected chi connectivity index (χ2v) is 7.60. The molecule has 5 nitrogen and oxygen atoms in total. The number of nitrogens with one attached hydrogen (secondary N) is 2. The summed E-state index contributed by atoms with van der Waals surface area (Å²) < 4.78 is 28.7. The van der Waals surface area contributed by atoms with E-state index in [1.807, 2.05) is 25.1 Å². The Labute approximate surface area is 142 Å². The van der Waals surface area contributed by atoms with Gasteiger partial charge in [0.1, 0.15) is 4.90 Å². The van der Waals surface area contributed by atoms with E-state index in [0.29, 0.717) is 16.6 Å². The molecule has 0 atom stereocenters. The first-order chi connectivity index (χ1) is 10.9. The average Bonchev–Trinajstić information content (AvgIpc) is 2.92. The summed E-state index contributed by atoms with van der Waals surface area (Å²) in [6, 6.07) is 11.9. The summed E-state index contributed by atoms with van der Waals surface area (Å²) in [4.78, 5) is 3.16. The quantitative estimate of drug-likeness (QED) is 0.711. The highest BCUT2D eigenvalue weighted by Gasteiger charge is 2.19. The SMILES string of the molecule is Cc1cc2c(S(=O)(=O)Nc3ccc(C#N)cc3)c[nH]c2cc1Br. The van der Waals surface area contributed by atoms with Gasteiger partial charge in [-0.05, 0) is 48.9 Å².